The molecule has 0 radical (unpaired) electrons. The van der Waals surface area contributed by atoms with Crippen molar-refractivity contribution in [3.63, 3.8) is 0 Å². The monoisotopic (exact) mass is 505 g/mol. The molecule has 1 aliphatic rings. The van der Waals surface area contributed by atoms with E-state index in [-0.39, 0.29) is 35.7 Å². The van der Waals surface area contributed by atoms with Gasteiger partial charge in [0.2, 0.25) is 21.8 Å². The van der Waals surface area contributed by atoms with E-state index in [1.54, 1.807) is 36.2 Å². The van der Waals surface area contributed by atoms with E-state index in [4.69, 9.17) is 0 Å². The minimum Gasteiger partial charge on any atom is -0.357 e. The lowest BCUT2D eigenvalue weighted by Crippen LogP contribution is -2.42. The van der Waals surface area contributed by atoms with Crippen LogP contribution in [0.25, 0.3) is 0 Å². The molecule has 8 heteroatoms. The molecule has 0 saturated heterocycles. The third-order valence-electron chi connectivity index (χ3n) is 6.20. The molecule has 0 unspecified atom stereocenters. The molecule has 2 amide bonds. The van der Waals surface area contributed by atoms with Gasteiger partial charge in [0.1, 0.15) is 6.04 Å². The SMILES string of the molecule is CNC(=O)[C@@H](c1ccccc1)N(Cc1ccccc1)C(=O)CCc1ccc(S(=O)(=O)NC2CC2)cc1. The molecular formula is C28H31N3O4S. The van der Waals surface area contributed by atoms with Gasteiger partial charge < -0.3 is 10.2 Å². The molecule has 2 N–H and O–H groups in total. The maximum Gasteiger partial charge on any atom is 0.247 e. The van der Waals surface area contributed by atoms with E-state index in [2.05, 4.69) is 10.0 Å². The zero-order chi connectivity index (χ0) is 25.5. The van der Waals surface area contributed by atoms with E-state index in [0.717, 1.165) is 29.5 Å². The van der Waals surface area contributed by atoms with Crippen molar-refractivity contribution in [2.45, 2.75) is 49.2 Å². The van der Waals surface area contributed by atoms with Gasteiger partial charge in [-0.1, -0.05) is 72.8 Å². The Morgan fingerprint density at radius 2 is 1.50 bits per heavy atom. The second kappa shape index (κ2) is 11.5. The Kier molecular flexibility index (Phi) is 8.18. The minimum atomic E-state index is -3.52. The fourth-order valence-corrected chi connectivity index (χ4v) is 5.37. The molecule has 0 bridgehead atoms. The molecule has 0 heterocycles. The Morgan fingerprint density at radius 3 is 2.08 bits per heavy atom. The molecular weight excluding hydrogens is 474 g/mol. The number of aryl methyl sites for hydroxylation is 1. The van der Waals surface area contributed by atoms with E-state index >= 15 is 0 Å². The Labute approximate surface area is 212 Å². The van der Waals surface area contributed by atoms with Crippen LogP contribution in [0.3, 0.4) is 0 Å². The summed E-state index contributed by atoms with van der Waals surface area (Å²) in [5.41, 5.74) is 2.51. The Hall–Kier alpha value is -3.49. The first-order valence-electron chi connectivity index (χ1n) is 12.1. The van der Waals surface area contributed by atoms with Crippen molar-refractivity contribution in [3.05, 3.63) is 102 Å². The topological polar surface area (TPSA) is 95.6 Å². The number of nitrogens with zero attached hydrogens (tertiary/aromatic N) is 1. The van der Waals surface area contributed by atoms with Crippen LogP contribution in [-0.2, 0) is 32.6 Å². The summed E-state index contributed by atoms with van der Waals surface area (Å²) in [5, 5.41) is 2.70. The number of benzene rings is 3. The molecule has 3 aromatic carbocycles. The molecule has 1 aliphatic carbocycles. The van der Waals surface area contributed by atoms with Crippen LogP contribution in [0.15, 0.2) is 89.8 Å². The summed E-state index contributed by atoms with van der Waals surface area (Å²) in [7, 11) is -1.95. The number of carbonyl (C=O) groups is 2. The summed E-state index contributed by atoms with van der Waals surface area (Å²) in [5.74, 6) is -0.424. The first kappa shape index (κ1) is 25.6. The Bertz CT molecular complexity index is 1280. The van der Waals surface area contributed by atoms with E-state index in [1.807, 2.05) is 60.7 Å². The molecule has 0 aromatic heterocycles. The van der Waals surface area contributed by atoms with Crippen molar-refractivity contribution >= 4 is 21.8 Å². The van der Waals surface area contributed by atoms with Crippen LogP contribution in [0.4, 0.5) is 0 Å². The number of carbonyl (C=O) groups excluding carboxylic acids is 2. The van der Waals surface area contributed by atoms with Crippen LogP contribution >= 0.6 is 0 Å². The lowest BCUT2D eigenvalue weighted by Gasteiger charge is -2.31. The van der Waals surface area contributed by atoms with Gasteiger partial charge in [0.05, 0.1) is 4.90 Å². The average molecular weight is 506 g/mol. The maximum atomic E-state index is 13.6. The first-order chi connectivity index (χ1) is 17.4. The first-order valence-corrected chi connectivity index (χ1v) is 13.6. The molecule has 1 fully saturated rings. The van der Waals surface area contributed by atoms with Gasteiger partial charge in [0.25, 0.3) is 0 Å². The van der Waals surface area contributed by atoms with Gasteiger partial charge >= 0.3 is 0 Å². The molecule has 0 spiro atoms. The summed E-state index contributed by atoms with van der Waals surface area (Å²) in [4.78, 5) is 28.4. The number of hydrogen-bond acceptors (Lipinski definition) is 4. The van der Waals surface area contributed by atoms with Crippen LogP contribution in [-0.4, -0.2) is 38.2 Å². The Morgan fingerprint density at radius 1 is 0.889 bits per heavy atom. The highest BCUT2D eigenvalue weighted by molar-refractivity contribution is 7.89. The molecule has 1 atom stereocenters. The van der Waals surface area contributed by atoms with E-state index in [1.165, 1.54) is 0 Å². The van der Waals surface area contributed by atoms with Gasteiger partial charge in [0.15, 0.2) is 0 Å². The standard InChI is InChI=1S/C28H31N3O4S/c1-29-28(33)27(23-10-6-3-7-11-23)31(20-22-8-4-2-5-9-22)26(32)19-14-21-12-17-25(18-13-21)36(34,35)30-24-15-16-24/h2-13,17-18,24,27,30H,14-16,19-20H2,1H3,(H,29,33)/t27-/m1/s1. The quantitative estimate of drug-likeness (QED) is 0.416. The van der Waals surface area contributed by atoms with Gasteiger partial charge in [-0.3, -0.25) is 9.59 Å². The second-order valence-corrected chi connectivity index (χ2v) is 10.7. The highest BCUT2D eigenvalue weighted by Crippen LogP contribution is 2.26. The van der Waals surface area contributed by atoms with Crippen molar-refractivity contribution in [2.75, 3.05) is 7.05 Å². The van der Waals surface area contributed by atoms with Gasteiger partial charge in [-0.25, -0.2) is 13.1 Å². The van der Waals surface area contributed by atoms with Crippen molar-refractivity contribution < 1.29 is 18.0 Å². The summed E-state index contributed by atoms with van der Waals surface area (Å²) in [6.07, 6.45) is 2.35. The molecule has 36 heavy (non-hydrogen) atoms. The molecule has 3 aromatic rings. The lowest BCUT2D eigenvalue weighted by atomic mass is 10.0. The summed E-state index contributed by atoms with van der Waals surface area (Å²) in [6.45, 7) is 0.288. The highest BCUT2D eigenvalue weighted by Gasteiger charge is 2.31. The predicted molar refractivity (Wildman–Crippen MR) is 138 cm³/mol. The normalized spacial score (nSPS) is 14.1. The summed E-state index contributed by atoms with van der Waals surface area (Å²) in [6, 6.07) is 24.7. The Balaban J connectivity index is 1.52. The molecule has 7 nitrogen and oxygen atoms in total. The zero-order valence-electron chi connectivity index (χ0n) is 20.3. The van der Waals surface area contributed by atoms with Crippen molar-refractivity contribution in [2.24, 2.45) is 0 Å². The molecule has 188 valence electrons. The van der Waals surface area contributed by atoms with Crippen LogP contribution in [0.1, 0.15) is 42.0 Å². The number of hydrogen-bond donors (Lipinski definition) is 2. The fourth-order valence-electron chi connectivity index (χ4n) is 4.07. The number of amides is 2. The third-order valence-corrected chi connectivity index (χ3v) is 7.73. The van der Waals surface area contributed by atoms with E-state index < -0.39 is 16.1 Å². The highest BCUT2D eigenvalue weighted by atomic mass is 32.2. The minimum absolute atomic E-state index is 0.0424. The van der Waals surface area contributed by atoms with Crippen LogP contribution in [0.2, 0.25) is 0 Å². The number of likely N-dealkylation sites (N-methyl/N-ethyl adjacent to an activating group) is 1. The van der Waals surface area contributed by atoms with Crippen LogP contribution in [0, 0.1) is 0 Å². The lowest BCUT2D eigenvalue weighted by molar-refractivity contribution is -0.141. The third kappa shape index (κ3) is 6.59. The van der Waals surface area contributed by atoms with Gasteiger partial charge in [-0.15, -0.1) is 0 Å². The van der Waals surface area contributed by atoms with Crippen molar-refractivity contribution in [3.8, 4) is 0 Å². The number of nitrogens with one attached hydrogen (secondary N) is 2. The fraction of sp³-hybridized carbons (Fsp3) is 0.286. The molecule has 0 aliphatic heterocycles. The smallest absolute Gasteiger partial charge is 0.247 e. The second-order valence-electron chi connectivity index (χ2n) is 8.97. The van der Waals surface area contributed by atoms with Crippen molar-refractivity contribution in [1.82, 2.24) is 14.9 Å². The van der Waals surface area contributed by atoms with Crippen molar-refractivity contribution in [1.29, 1.82) is 0 Å². The average Bonchev–Trinajstić information content (AvgIpc) is 3.71. The van der Waals surface area contributed by atoms with Crippen LogP contribution < -0.4 is 10.0 Å². The van der Waals surface area contributed by atoms with Gasteiger partial charge in [0, 0.05) is 26.1 Å². The number of rotatable bonds is 11. The zero-order valence-corrected chi connectivity index (χ0v) is 21.1. The van der Waals surface area contributed by atoms with Gasteiger partial charge in [-0.05, 0) is 48.1 Å². The molecule has 1 saturated carbocycles. The van der Waals surface area contributed by atoms with E-state index in [0.29, 0.717) is 6.42 Å². The van der Waals surface area contributed by atoms with E-state index in [9.17, 15) is 18.0 Å². The molecule has 4 rings (SSSR count). The predicted octanol–water partition coefficient (Wildman–Crippen LogP) is 3.58. The van der Waals surface area contributed by atoms with Crippen LogP contribution in [0.5, 0.6) is 0 Å². The maximum absolute atomic E-state index is 13.6. The summed E-state index contributed by atoms with van der Waals surface area (Å²) < 4.78 is 27.5. The van der Waals surface area contributed by atoms with Gasteiger partial charge in [-0.2, -0.15) is 0 Å². The number of sulfonamides is 1. The largest absolute Gasteiger partial charge is 0.357 e. The summed E-state index contributed by atoms with van der Waals surface area (Å²) >= 11 is 0.